The third-order valence-corrected chi connectivity index (χ3v) is 8.42. The SMILES string of the molecule is C=CCn1c(=O)c2cnc(Nc3ccc(N4CCN(N5CCN(C)CC5)CC4)c(C)c3)nc2n1-c1ccc(=O)n(C(C)C)n1. The van der Waals surface area contributed by atoms with Crippen LogP contribution in [-0.2, 0) is 6.54 Å². The number of hydrazine groups is 1. The van der Waals surface area contributed by atoms with Gasteiger partial charge in [0, 0.05) is 76.0 Å². The molecule has 6 rings (SSSR count). The lowest BCUT2D eigenvalue weighted by molar-refractivity contribution is -0.0564. The molecule has 1 aromatic carbocycles. The van der Waals surface area contributed by atoms with Gasteiger partial charge < -0.3 is 15.1 Å². The van der Waals surface area contributed by atoms with E-state index in [-0.39, 0.29) is 23.7 Å². The lowest BCUT2D eigenvalue weighted by atomic mass is 10.1. The number of hydrogen-bond donors (Lipinski definition) is 1. The summed E-state index contributed by atoms with van der Waals surface area (Å²) in [5, 5.41) is 13.2. The average molecular weight is 600 g/mol. The molecule has 44 heavy (non-hydrogen) atoms. The van der Waals surface area contributed by atoms with Gasteiger partial charge in [-0.05, 0) is 57.6 Å². The molecule has 232 valence electrons. The smallest absolute Gasteiger partial charge is 0.278 e. The Morgan fingerprint density at radius 2 is 1.68 bits per heavy atom. The molecule has 5 heterocycles. The monoisotopic (exact) mass is 599 g/mol. The molecular formula is C31H41N11O2. The van der Waals surface area contributed by atoms with Crippen LogP contribution in [0.5, 0.6) is 0 Å². The second-order valence-electron chi connectivity index (χ2n) is 11.8. The number of benzene rings is 1. The number of aryl methyl sites for hydroxylation is 1. The minimum atomic E-state index is -0.261. The molecule has 3 aromatic heterocycles. The number of likely N-dealkylation sites (N-methyl/N-ethyl adjacent to an activating group) is 1. The van der Waals surface area contributed by atoms with Gasteiger partial charge in [-0.25, -0.2) is 29.0 Å². The molecule has 0 aliphatic carbocycles. The van der Waals surface area contributed by atoms with Crippen LogP contribution < -0.4 is 21.3 Å². The fourth-order valence-electron chi connectivity index (χ4n) is 6.02. The lowest BCUT2D eigenvalue weighted by Crippen LogP contribution is -2.58. The molecular weight excluding hydrogens is 558 g/mol. The van der Waals surface area contributed by atoms with Gasteiger partial charge in [0.05, 0.1) is 12.6 Å². The number of hydrogen-bond acceptors (Lipinski definition) is 10. The highest BCUT2D eigenvalue weighted by atomic mass is 16.1. The summed E-state index contributed by atoms with van der Waals surface area (Å²) in [5.74, 6) is 0.761. The van der Waals surface area contributed by atoms with Gasteiger partial charge in [-0.2, -0.15) is 4.98 Å². The molecule has 13 nitrogen and oxygen atoms in total. The van der Waals surface area contributed by atoms with Crippen LogP contribution in [0.15, 0.2) is 58.8 Å². The van der Waals surface area contributed by atoms with E-state index in [0.717, 1.165) is 58.0 Å². The lowest BCUT2D eigenvalue weighted by Gasteiger charge is -2.45. The topological polar surface area (TPSA) is 113 Å². The van der Waals surface area contributed by atoms with Crippen LogP contribution in [0.2, 0.25) is 0 Å². The van der Waals surface area contributed by atoms with Gasteiger partial charge >= 0.3 is 0 Å². The first-order chi connectivity index (χ1) is 21.2. The van der Waals surface area contributed by atoms with E-state index >= 15 is 0 Å². The van der Waals surface area contributed by atoms with E-state index in [2.05, 4.69) is 67.9 Å². The Bertz CT molecular complexity index is 1770. The standard InChI is InChI=1S/C31H41N11O2/c1-6-11-40-30(44)25-21-32-31(34-29(25)42(40)27-9-10-28(43)41(35-27)22(2)3)33-24-7-8-26(23(4)20-24)37-14-18-39(19-15-37)38-16-12-36(5)13-17-38/h6-10,20-22H,1,11-19H2,2-5H3,(H,32,33,34). The fraction of sp³-hybridized carbons (Fsp3) is 0.452. The molecule has 0 bridgehead atoms. The zero-order valence-electron chi connectivity index (χ0n) is 26.0. The number of nitrogens with zero attached hydrogens (tertiary/aromatic N) is 10. The number of anilines is 3. The van der Waals surface area contributed by atoms with E-state index in [1.807, 2.05) is 19.9 Å². The molecule has 2 aliphatic rings. The van der Waals surface area contributed by atoms with Gasteiger partial charge in [-0.15, -0.1) is 11.7 Å². The van der Waals surface area contributed by atoms with Gasteiger partial charge in [-0.1, -0.05) is 6.08 Å². The van der Waals surface area contributed by atoms with Crippen molar-refractivity contribution in [3.63, 3.8) is 0 Å². The summed E-state index contributed by atoms with van der Waals surface area (Å²) in [5.41, 5.74) is 3.16. The van der Waals surface area contributed by atoms with E-state index < -0.39 is 0 Å². The maximum absolute atomic E-state index is 13.3. The van der Waals surface area contributed by atoms with Crippen molar-refractivity contribution in [1.82, 2.24) is 44.0 Å². The number of aromatic nitrogens is 6. The molecule has 4 aromatic rings. The molecule has 0 saturated carbocycles. The highest BCUT2D eigenvalue weighted by molar-refractivity contribution is 5.77. The highest BCUT2D eigenvalue weighted by Gasteiger charge is 2.25. The van der Waals surface area contributed by atoms with Crippen molar-refractivity contribution in [1.29, 1.82) is 0 Å². The van der Waals surface area contributed by atoms with Crippen molar-refractivity contribution in [3.05, 3.63) is 75.5 Å². The second kappa shape index (κ2) is 12.3. The van der Waals surface area contributed by atoms with Crippen molar-refractivity contribution in [3.8, 4) is 5.82 Å². The minimum absolute atomic E-state index is 0.150. The van der Waals surface area contributed by atoms with E-state index in [1.165, 1.54) is 32.9 Å². The first-order valence-electron chi connectivity index (χ1n) is 15.2. The van der Waals surface area contributed by atoms with Crippen molar-refractivity contribution in [2.75, 3.05) is 69.6 Å². The summed E-state index contributed by atoms with van der Waals surface area (Å²) in [4.78, 5) is 39.7. The Hall–Kier alpha value is -4.33. The summed E-state index contributed by atoms with van der Waals surface area (Å²) in [6, 6.07) is 9.19. The number of fused-ring (bicyclic) bond motifs is 1. The van der Waals surface area contributed by atoms with Crippen molar-refractivity contribution < 1.29 is 0 Å². The maximum Gasteiger partial charge on any atom is 0.278 e. The molecule has 13 heteroatoms. The second-order valence-corrected chi connectivity index (χ2v) is 11.8. The van der Waals surface area contributed by atoms with Crippen molar-refractivity contribution in [2.24, 2.45) is 0 Å². The van der Waals surface area contributed by atoms with Crippen LogP contribution in [0.4, 0.5) is 17.3 Å². The molecule has 0 amide bonds. The summed E-state index contributed by atoms with van der Waals surface area (Å²) >= 11 is 0. The molecule has 0 radical (unpaired) electrons. The zero-order chi connectivity index (χ0) is 31.0. The summed E-state index contributed by atoms with van der Waals surface area (Å²) < 4.78 is 4.51. The van der Waals surface area contributed by atoms with Gasteiger partial charge in [0.25, 0.3) is 11.1 Å². The average Bonchev–Trinajstić information content (AvgIpc) is 3.28. The molecule has 0 atom stereocenters. The van der Waals surface area contributed by atoms with Gasteiger partial charge in [0.15, 0.2) is 11.5 Å². The Labute approximate surface area is 256 Å². The van der Waals surface area contributed by atoms with E-state index in [1.54, 1.807) is 16.8 Å². The molecule has 1 N–H and O–H groups in total. The van der Waals surface area contributed by atoms with Gasteiger partial charge in [0.1, 0.15) is 5.39 Å². The van der Waals surface area contributed by atoms with Crippen molar-refractivity contribution >= 4 is 28.4 Å². The van der Waals surface area contributed by atoms with Crippen LogP contribution in [-0.4, -0.2) is 103 Å². The van der Waals surface area contributed by atoms with E-state index in [4.69, 9.17) is 4.98 Å². The number of allylic oxidation sites excluding steroid dienone is 1. The molecule has 2 aliphatic heterocycles. The summed E-state index contributed by atoms with van der Waals surface area (Å²) in [6.45, 7) is 18.4. The van der Waals surface area contributed by atoms with Crippen LogP contribution in [0.3, 0.4) is 0 Å². The van der Waals surface area contributed by atoms with Crippen LogP contribution in [0, 0.1) is 6.92 Å². The van der Waals surface area contributed by atoms with Crippen LogP contribution in [0.25, 0.3) is 16.9 Å². The van der Waals surface area contributed by atoms with Gasteiger partial charge in [-0.3, -0.25) is 9.59 Å². The predicted molar refractivity (Wildman–Crippen MR) is 173 cm³/mol. The van der Waals surface area contributed by atoms with Crippen LogP contribution in [0.1, 0.15) is 25.5 Å². The fourth-order valence-corrected chi connectivity index (χ4v) is 6.02. The highest BCUT2D eigenvalue weighted by Crippen LogP contribution is 2.27. The Kier molecular flexibility index (Phi) is 8.34. The number of rotatable bonds is 8. The number of nitrogens with one attached hydrogen (secondary N) is 1. The Morgan fingerprint density at radius 1 is 0.977 bits per heavy atom. The summed E-state index contributed by atoms with van der Waals surface area (Å²) in [7, 11) is 2.19. The van der Waals surface area contributed by atoms with Crippen LogP contribution >= 0.6 is 0 Å². The first-order valence-corrected chi connectivity index (χ1v) is 15.2. The quantitative estimate of drug-likeness (QED) is 0.303. The zero-order valence-corrected chi connectivity index (χ0v) is 26.0. The van der Waals surface area contributed by atoms with E-state index in [9.17, 15) is 9.59 Å². The summed E-state index contributed by atoms with van der Waals surface area (Å²) in [6.07, 6.45) is 3.17. The van der Waals surface area contributed by atoms with E-state index in [0.29, 0.717) is 22.8 Å². The minimum Gasteiger partial charge on any atom is -0.369 e. The predicted octanol–water partition coefficient (Wildman–Crippen LogP) is 2.24. The van der Waals surface area contributed by atoms with Crippen molar-refractivity contribution in [2.45, 2.75) is 33.4 Å². The molecule has 2 saturated heterocycles. The van der Waals surface area contributed by atoms with Gasteiger partial charge in [0.2, 0.25) is 5.95 Å². The number of piperazine rings is 2. The Morgan fingerprint density at radius 3 is 2.34 bits per heavy atom. The maximum atomic E-state index is 13.3. The normalized spacial score (nSPS) is 17.1. The third kappa shape index (κ3) is 5.77. The largest absolute Gasteiger partial charge is 0.369 e. The third-order valence-electron chi connectivity index (χ3n) is 8.42. The Balaban J connectivity index is 1.24. The molecule has 0 spiro atoms. The first kappa shape index (κ1) is 29.7. The molecule has 2 fully saturated rings. The molecule has 0 unspecified atom stereocenters.